The lowest BCUT2D eigenvalue weighted by Gasteiger charge is -2.17. The van der Waals surface area contributed by atoms with E-state index in [0.717, 1.165) is 0 Å². The maximum Gasteiger partial charge on any atom is 0.200 e. The van der Waals surface area contributed by atoms with Gasteiger partial charge in [-0.1, -0.05) is 15.9 Å². The van der Waals surface area contributed by atoms with E-state index in [1.807, 2.05) is 0 Å². The van der Waals surface area contributed by atoms with Crippen molar-refractivity contribution in [2.45, 2.75) is 12.2 Å². The van der Waals surface area contributed by atoms with Gasteiger partial charge in [-0.05, 0) is 12.1 Å². The van der Waals surface area contributed by atoms with E-state index in [1.54, 1.807) is 0 Å². The molecule has 1 aromatic rings. The van der Waals surface area contributed by atoms with Gasteiger partial charge in [-0.25, -0.2) is 4.39 Å². The quantitative estimate of drug-likeness (QED) is 0.833. The fraction of sp³-hybridized carbons (Fsp3) is 0.400. The van der Waals surface area contributed by atoms with Crippen molar-refractivity contribution < 1.29 is 23.7 Å². The van der Waals surface area contributed by atoms with Gasteiger partial charge in [-0.3, -0.25) is 0 Å². The Bertz CT molecular complexity index is 373. The van der Waals surface area contributed by atoms with Crippen LogP contribution in [0.25, 0.3) is 0 Å². The summed E-state index contributed by atoms with van der Waals surface area (Å²) in [5, 5.41) is 18.9. The highest BCUT2D eigenvalue weighted by Crippen LogP contribution is 2.28. The maximum atomic E-state index is 13.5. The third-order valence-electron chi connectivity index (χ3n) is 2.14. The fourth-order valence-electron chi connectivity index (χ4n) is 1.22. The Kier molecular flexibility index (Phi) is 4.64. The number of ether oxygens (including phenoxy) is 1. The molecule has 2 N–H and O–H groups in total. The molecule has 16 heavy (non-hydrogen) atoms. The molecule has 0 saturated heterocycles. The number of methoxy groups -OCH3 is 1. The van der Waals surface area contributed by atoms with Crippen molar-refractivity contribution in [1.29, 1.82) is 0 Å². The number of aliphatic hydroxyl groups excluding tert-OH is 2. The molecule has 0 aliphatic rings. The van der Waals surface area contributed by atoms with Crippen molar-refractivity contribution in [3.8, 4) is 5.75 Å². The SMILES string of the molecule is COc1ccc(C(O)C(O)CBr)c(F)c1F. The van der Waals surface area contributed by atoms with Crippen LogP contribution in [0.15, 0.2) is 12.1 Å². The van der Waals surface area contributed by atoms with Crippen LogP contribution in [0.2, 0.25) is 0 Å². The molecule has 0 spiro atoms. The second kappa shape index (κ2) is 5.56. The number of hydrogen-bond acceptors (Lipinski definition) is 3. The lowest BCUT2D eigenvalue weighted by Crippen LogP contribution is -2.21. The van der Waals surface area contributed by atoms with E-state index >= 15 is 0 Å². The summed E-state index contributed by atoms with van der Waals surface area (Å²) in [7, 11) is 1.21. The van der Waals surface area contributed by atoms with Gasteiger partial charge in [-0.15, -0.1) is 0 Å². The van der Waals surface area contributed by atoms with Gasteiger partial charge in [0.25, 0.3) is 0 Å². The van der Waals surface area contributed by atoms with Gasteiger partial charge < -0.3 is 14.9 Å². The second-order valence-electron chi connectivity index (χ2n) is 3.15. The predicted octanol–water partition coefficient (Wildman–Crippen LogP) is 1.76. The lowest BCUT2D eigenvalue weighted by atomic mass is 10.0. The van der Waals surface area contributed by atoms with Crippen LogP contribution in [-0.4, -0.2) is 28.8 Å². The van der Waals surface area contributed by atoms with Crippen molar-refractivity contribution in [1.82, 2.24) is 0 Å². The highest BCUT2D eigenvalue weighted by Gasteiger charge is 2.24. The number of benzene rings is 1. The summed E-state index contributed by atoms with van der Waals surface area (Å²) < 4.78 is 31.3. The molecule has 0 saturated carbocycles. The van der Waals surface area contributed by atoms with Crippen LogP contribution in [0, 0.1) is 11.6 Å². The van der Waals surface area contributed by atoms with E-state index < -0.39 is 23.8 Å². The molecule has 90 valence electrons. The smallest absolute Gasteiger partial charge is 0.200 e. The zero-order valence-electron chi connectivity index (χ0n) is 8.45. The molecule has 0 aliphatic carbocycles. The summed E-state index contributed by atoms with van der Waals surface area (Å²) in [5.41, 5.74) is -0.301. The van der Waals surface area contributed by atoms with E-state index in [2.05, 4.69) is 20.7 Å². The van der Waals surface area contributed by atoms with Crippen LogP contribution in [0.5, 0.6) is 5.75 Å². The van der Waals surface area contributed by atoms with E-state index in [1.165, 1.54) is 19.2 Å². The van der Waals surface area contributed by atoms with Crippen molar-refractivity contribution in [3.63, 3.8) is 0 Å². The van der Waals surface area contributed by atoms with Crippen LogP contribution in [0.3, 0.4) is 0 Å². The van der Waals surface area contributed by atoms with Gasteiger partial charge in [0, 0.05) is 10.9 Å². The average molecular weight is 297 g/mol. The minimum Gasteiger partial charge on any atom is -0.494 e. The van der Waals surface area contributed by atoms with Crippen LogP contribution >= 0.6 is 15.9 Å². The molecule has 3 nitrogen and oxygen atoms in total. The van der Waals surface area contributed by atoms with Gasteiger partial charge in [0.15, 0.2) is 11.6 Å². The molecule has 1 aromatic carbocycles. The molecule has 1 rings (SSSR count). The van der Waals surface area contributed by atoms with Crippen molar-refractivity contribution in [3.05, 3.63) is 29.3 Å². The number of hydrogen-bond donors (Lipinski definition) is 2. The number of aliphatic hydroxyl groups is 2. The van der Waals surface area contributed by atoms with Gasteiger partial charge in [-0.2, -0.15) is 4.39 Å². The van der Waals surface area contributed by atoms with Crippen LogP contribution in [-0.2, 0) is 0 Å². The molecule has 0 radical (unpaired) electrons. The Balaban J connectivity index is 3.11. The Labute approximate surface area is 99.8 Å². The van der Waals surface area contributed by atoms with E-state index in [4.69, 9.17) is 0 Å². The molecule has 0 bridgehead atoms. The first kappa shape index (κ1) is 13.3. The Morgan fingerprint density at radius 1 is 1.31 bits per heavy atom. The third-order valence-corrected chi connectivity index (χ3v) is 2.80. The molecule has 6 heteroatoms. The molecule has 0 fully saturated rings. The molecular formula is C10H11BrF2O3. The normalized spacial score (nSPS) is 14.6. The minimum absolute atomic E-state index is 0.0568. The summed E-state index contributed by atoms with van der Waals surface area (Å²) in [5.74, 6) is -2.64. The number of alkyl halides is 1. The van der Waals surface area contributed by atoms with Gasteiger partial charge in [0.05, 0.1) is 13.2 Å². The molecule has 0 aromatic heterocycles. The summed E-state index contributed by atoms with van der Waals surface area (Å²) in [6.45, 7) is 0. The lowest BCUT2D eigenvalue weighted by molar-refractivity contribution is 0.0315. The van der Waals surface area contributed by atoms with Crippen molar-refractivity contribution in [2.75, 3.05) is 12.4 Å². The Morgan fingerprint density at radius 2 is 1.94 bits per heavy atom. The zero-order valence-corrected chi connectivity index (χ0v) is 10.0. The third kappa shape index (κ3) is 2.50. The first-order chi connectivity index (χ1) is 7.52. The average Bonchev–Trinajstić information content (AvgIpc) is 2.30. The van der Waals surface area contributed by atoms with Crippen molar-refractivity contribution >= 4 is 15.9 Å². The maximum absolute atomic E-state index is 13.5. The first-order valence-corrected chi connectivity index (χ1v) is 5.59. The van der Waals surface area contributed by atoms with E-state index in [9.17, 15) is 19.0 Å². The van der Waals surface area contributed by atoms with E-state index in [0.29, 0.717) is 0 Å². The predicted molar refractivity (Wildman–Crippen MR) is 57.7 cm³/mol. The summed E-state index contributed by atoms with van der Waals surface area (Å²) in [4.78, 5) is 0. The first-order valence-electron chi connectivity index (χ1n) is 4.46. The van der Waals surface area contributed by atoms with Crippen LogP contribution in [0.1, 0.15) is 11.7 Å². The summed E-state index contributed by atoms with van der Waals surface area (Å²) >= 11 is 2.93. The summed E-state index contributed by atoms with van der Waals surface area (Å²) in [6.07, 6.45) is -2.69. The molecule has 2 unspecified atom stereocenters. The van der Waals surface area contributed by atoms with Gasteiger partial charge >= 0.3 is 0 Å². The Morgan fingerprint density at radius 3 is 2.44 bits per heavy atom. The molecule has 0 aliphatic heterocycles. The topological polar surface area (TPSA) is 49.7 Å². The number of halogens is 3. The van der Waals surface area contributed by atoms with Crippen molar-refractivity contribution in [2.24, 2.45) is 0 Å². The zero-order chi connectivity index (χ0) is 12.3. The molecule has 2 atom stereocenters. The monoisotopic (exact) mass is 296 g/mol. The van der Waals surface area contributed by atoms with Gasteiger partial charge in [0.2, 0.25) is 5.82 Å². The van der Waals surface area contributed by atoms with Crippen LogP contribution in [0.4, 0.5) is 8.78 Å². The standard InChI is InChI=1S/C10H11BrF2O3/c1-16-7-3-2-5(8(12)9(7)13)10(15)6(14)4-11/h2-3,6,10,14-15H,4H2,1H3. The molecular weight excluding hydrogens is 286 g/mol. The van der Waals surface area contributed by atoms with Gasteiger partial charge in [0.1, 0.15) is 6.10 Å². The molecule has 0 amide bonds. The largest absolute Gasteiger partial charge is 0.494 e. The summed E-state index contributed by atoms with van der Waals surface area (Å²) in [6, 6.07) is 2.37. The fourth-order valence-corrected chi connectivity index (χ4v) is 1.58. The highest BCUT2D eigenvalue weighted by atomic mass is 79.9. The second-order valence-corrected chi connectivity index (χ2v) is 3.80. The van der Waals surface area contributed by atoms with E-state index in [-0.39, 0.29) is 16.6 Å². The highest BCUT2D eigenvalue weighted by molar-refractivity contribution is 9.09. The number of rotatable bonds is 4. The Hall–Kier alpha value is -0.720. The van der Waals surface area contributed by atoms with Crippen LogP contribution < -0.4 is 4.74 Å². The minimum atomic E-state index is -1.49. The molecule has 0 heterocycles.